The zero-order valence-corrected chi connectivity index (χ0v) is 13.8. The van der Waals surface area contributed by atoms with Gasteiger partial charge in [-0.2, -0.15) is 4.98 Å². The molecule has 1 aromatic carbocycles. The number of rotatable bonds is 5. The van der Waals surface area contributed by atoms with Crippen LogP contribution in [0.25, 0.3) is 6.08 Å². The summed E-state index contributed by atoms with van der Waals surface area (Å²) in [7, 11) is 0. The van der Waals surface area contributed by atoms with Crippen molar-refractivity contribution in [1.82, 2.24) is 14.9 Å². The Hall–Kier alpha value is -3.00. The molecule has 1 aliphatic heterocycles. The molecule has 0 saturated carbocycles. The first-order chi connectivity index (χ1) is 12.1. The fourth-order valence-electron chi connectivity index (χ4n) is 2.70. The van der Waals surface area contributed by atoms with Crippen molar-refractivity contribution in [3.8, 4) is 0 Å². The fraction of sp³-hybridized carbons (Fsp3) is 0.294. The van der Waals surface area contributed by atoms with Crippen LogP contribution in [0, 0.1) is 10.1 Å². The van der Waals surface area contributed by atoms with Crippen LogP contribution in [-0.4, -0.2) is 52.5 Å². The summed E-state index contributed by atoms with van der Waals surface area (Å²) in [6.45, 7) is 4.15. The summed E-state index contributed by atoms with van der Waals surface area (Å²) in [6.07, 6.45) is 5.45. The molecule has 0 spiro atoms. The molecule has 130 valence electrons. The van der Waals surface area contributed by atoms with Crippen LogP contribution >= 0.6 is 0 Å². The summed E-state index contributed by atoms with van der Waals surface area (Å²) < 4.78 is 0. The topological polar surface area (TPSA) is 101 Å². The summed E-state index contributed by atoms with van der Waals surface area (Å²) in [5, 5.41) is 10.8. The van der Waals surface area contributed by atoms with Crippen molar-refractivity contribution in [2.45, 2.75) is 0 Å². The Bertz CT molecular complexity index is 757. The van der Waals surface area contributed by atoms with E-state index in [-0.39, 0.29) is 11.5 Å². The zero-order chi connectivity index (χ0) is 17.6. The lowest BCUT2D eigenvalue weighted by atomic mass is 10.2. The Labute approximate surface area is 145 Å². The van der Waals surface area contributed by atoms with Crippen LogP contribution in [-0.2, 0) is 0 Å². The molecule has 1 aliphatic rings. The van der Waals surface area contributed by atoms with E-state index < -0.39 is 4.92 Å². The first-order valence-corrected chi connectivity index (χ1v) is 8.09. The second-order valence-electron chi connectivity index (χ2n) is 5.80. The van der Waals surface area contributed by atoms with E-state index in [1.165, 1.54) is 11.8 Å². The van der Waals surface area contributed by atoms with Gasteiger partial charge in [-0.1, -0.05) is 42.5 Å². The van der Waals surface area contributed by atoms with Crippen LogP contribution in [0.5, 0.6) is 0 Å². The molecule has 8 nitrogen and oxygen atoms in total. The van der Waals surface area contributed by atoms with Gasteiger partial charge in [0.05, 0.1) is 4.92 Å². The van der Waals surface area contributed by atoms with Crippen LogP contribution in [0.1, 0.15) is 5.56 Å². The summed E-state index contributed by atoms with van der Waals surface area (Å²) in [5.41, 5.74) is 6.57. The number of nitro groups is 1. The highest BCUT2D eigenvalue weighted by Gasteiger charge is 2.21. The molecule has 3 rings (SSSR count). The molecule has 1 fully saturated rings. The number of nitrogen functional groups attached to an aromatic ring is 1. The van der Waals surface area contributed by atoms with Gasteiger partial charge in [0, 0.05) is 32.7 Å². The van der Waals surface area contributed by atoms with Crippen LogP contribution in [0.2, 0.25) is 0 Å². The van der Waals surface area contributed by atoms with Gasteiger partial charge in [0.2, 0.25) is 11.8 Å². The van der Waals surface area contributed by atoms with Crippen molar-refractivity contribution in [2.75, 3.05) is 43.4 Å². The summed E-state index contributed by atoms with van der Waals surface area (Å²) in [4.78, 5) is 22.7. The predicted molar refractivity (Wildman–Crippen MR) is 97.2 cm³/mol. The highest BCUT2D eigenvalue weighted by atomic mass is 16.6. The Morgan fingerprint density at radius 1 is 1.20 bits per heavy atom. The Kier molecular flexibility index (Phi) is 5.20. The summed E-state index contributed by atoms with van der Waals surface area (Å²) in [5.74, 6) is 0.353. The maximum absolute atomic E-state index is 10.8. The second-order valence-corrected chi connectivity index (χ2v) is 5.80. The molecule has 2 aromatic rings. The Balaban J connectivity index is 1.52. The van der Waals surface area contributed by atoms with Gasteiger partial charge in [-0.3, -0.25) is 15.0 Å². The van der Waals surface area contributed by atoms with E-state index in [1.54, 1.807) is 0 Å². The van der Waals surface area contributed by atoms with E-state index >= 15 is 0 Å². The molecule has 1 aromatic heterocycles. The lowest BCUT2D eigenvalue weighted by molar-refractivity contribution is -0.384. The van der Waals surface area contributed by atoms with Crippen LogP contribution in [0.3, 0.4) is 0 Å². The van der Waals surface area contributed by atoms with Gasteiger partial charge >= 0.3 is 5.69 Å². The number of hydrogen-bond donors (Lipinski definition) is 1. The highest BCUT2D eigenvalue weighted by Crippen LogP contribution is 2.20. The Morgan fingerprint density at radius 2 is 1.92 bits per heavy atom. The van der Waals surface area contributed by atoms with Crippen LogP contribution in [0.15, 0.2) is 42.6 Å². The standard InChI is InChI=1S/C17H20N6O2/c18-16-15(23(24)25)13-19-17(20-16)22-11-9-21(10-12-22)8-4-7-14-5-2-1-3-6-14/h1-7,13H,8-12H2,(H2,18,19,20)/b7-4+. The third-order valence-corrected chi connectivity index (χ3v) is 4.11. The lowest BCUT2D eigenvalue weighted by Crippen LogP contribution is -2.47. The second kappa shape index (κ2) is 7.71. The normalized spacial score (nSPS) is 15.6. The molecule has 2 heterocycles. The SMILES string of the molecule is Nc1nc(N2CCN(C/C=C/c3ccccc3)CC2)ncc1[N+](=O)[O-]. The van der Waals surface area contributed by atoms with E-state index in [9.17, 15) is 10.1 Å². The number of benzene rings is 1. The minimum atomic E-state index is -0.573. The third-order valence-electron chi connectivity index (χ3n) is 4.11. The maximum atomic E-state index is 10.8. The Morgan fingerprint density at radius 3 is 2.56 bits per heavy atom. The average molecular weight is 340 g/mol. The molecule has 0 amide bonds. The van der Waals surface area contributed by atoms with E-state index in [1.807, 2.05) is 23.1 Å². The first-order valence-electron chi connectivity index (χ1n) is 8.09. The number of nitrogens with zero attached hydrogens (tertiary/aromatic N) is 5. The number of hydrogen-bond acceptors (Lipinski definition) is 7. The van der Waals surface area contributed by atoms with Crippen molar-refractivity contribution in [1.29, 1.82) is 0 Å². The maximum Gasteiger partial charge on any atom is 0.329 e. The van der Waals surface area contributed by atoms with Gasteiger partial charge in [0.15, 0.2) is 0 Å². The predicted octanol–water partition coefficient (Wildman–Crippen LogP) is 1.80. The molecule has 0 aliphatic carbocycles. The molecule has 0 radical (unpaired) electrons. The van der Waals surface area contributed by atoms with Gasteiger partial charge in [-0.15, -0.1) is 0 Å². The van der Waals surface area contributed by atoms with Gasteiger partial charge in [0.25, 0.3) is 0 Å². The molecule has 25 heavy (non-hydrogen) atoms. The molecule has 0 bridgehead atoms. The molecule has 1 saturated heterocycles. The van der Waals surface area contributed by atoms with Crippen molar-refractivity contribution in [3.63, 3.8) is 0 Å². The minimum absolute atomic E-state index is 0.0942. The molecule has 8 heteroatoms. The van der Waals surface area contributed by atoms with Crippen molar-refractivity contribution in [2.24, 2.45) is 0 Å². The number of nitrogens with two attached hydrogens (primary N) is 1. The lowest BCUT2D eigenvalue weighted by Gasteiger charge is -2.34. The van der Waals surface area contributed by atoms with Crippen LogP contribution in [0.4, 0.5) is 17.5 Å². The van der Waals surface area contributed by atoms with E-state index in [0.717, 1.165) is 32.7 Å². The fourth-order valence-corrected chi connectivity index (χ4v) is 2.70. The highest BCUT2D eigenvalue weighted by molar-refractivity contribution is 5.54. The number of piperazine rings is 1. The summed E-state index contributed by atoms with van der Waals surface area (Å²) >= 11 is 0. The monoisotopic (exact) mass is 340 g/mol. The van der Waals surface area contributed by atoms with E-state index in [2.05, 4.69) is 39.2 Å². The van der Waals surface area contributed by atoms with Crippen LogP contribution < -0.4 is 10.6 Å². The van der Waals surface area contributed by atoms with Crippen molar-refractivity contribution in [3.05, 3.63) is 58.3 Å². The summed E-state index contributed by atoms with van der Waals surface area (Å²) in [6, 6.07) is 10.2. The third kappa shape index (κ3) is 4.30. The van der Waals surface area contributed by atoms with E-state index in [0.29, 0.717) is 5.95 Å². The first kappa shape index (κ1) is 16.8. The quantitative estimate of drug-likeness (QED) is 0.654. The van der Waals surface area contributed by atoms with Gasteiger partial charge in [-0.25, -0.2) is 4.98 Å². The van der Waals surface area contributed by atoms with Gasteiger partial charge in [-0.05, 0) is 5.56 Å². The minimum Gasteiger partial charge on any atom is -0.378 e. The number of anilines is 2. The molecular weight excluding hydrogens is 320 g/mol. The smallest absolute Gasteiger partial charge is 0.329 e. The van der Waals surface area contributed by atoms with Crippen molar-refractivity contribution < 1.29 is 4.92 Å². The largest absolute Gasteiger partial charge is 0.378 e. The molecule has 0 atom stereocenters. The van der Waals surface area contributed by atoms with E-state index in [4.69, 9.17) is 5.73 Å². The van der Waals surface area contributed by atoms with Gasteiger partial charge in [0.1, 0.15) is 6.20 Å². The van der Waals surface area contributed by atoms with Gasteiger partial charge < -0.3 is 10.6 Å². The number of aromatic nitrogens is 2. The molecular formula is C17H20N6O2. The molecule has 0 unspecified atom stereocenters. The molecule has 2 N–H and O–H groups in total. The average Bonchev–Trinajstić information content (AvgIpc) is 2.63. The van der Waals surface area contributed by atoms with Crippen molar-refractivity contribution >= 4 is 23.5 Å². The zero-order valence-electron chi connectivity index (χ0n) is 13.8.